The molecule has 0 bridgehead atoms. The van der Waals surface area contributed by atoms with Crippen molar-refractivity contribution in [3.8, 4) is 0 Å². The van der Waals surface area contributed by atoms with Crippen molar-refractivity contribution in [3.63, 3.8) is 0 Å². The zero-order valence-electron chi connectivity index (χ0n) is 17.7. The maximum atomic E-state index is 11.1. The molecule has 160 valence electrons. The molecule has 0 aliphatic heterocycles. The van der Waals surface area contributed by atoms with Crippen LogP contribution in [0.3, 0.4) is 0 Å². The highest BCUT2D eigenvalue weighted by molar-refractivity contribution is 14.0. The average molecular weight is 504 g/mol. The molecule has 0 saturated heterocycles. The number of hydrogen-bond donors (Lipinski definition) is 2. The van der Waals surface area contributed by atoms with E-state index >= 15 is 0 Å². The number of rotatable bonds is 12. The van der Waals surface area contributed by atoms with E-state index in [-0.39, 0.29) is 29.9 Å². The molecular weight excluding hydrogens is 467 g/mol. The molecule has 0 fully saturated rings. The van der Waals surface area contributed by atoms with Crippen LogP contribution in [0.5, 0.6) is 0 Å². The summed E-state index contributed by atoms with van der Waals surface area (Å²) in [5.41, 5.74) is 1.34. The minimum Gasteiger partial charge on any atom is -0.469 e. The smallest absolute Gasteiger partial charge is 0.305 e. The molecule has 7 heteroatoms. The van der Waals surface area contributed by atoms with Gasteiger partial charge in [-0.15, -0.1) is 24.0 Å². The molecular formula is C21H37IN4O2. The molecule has 2 N–H and O–H groups in total. The average Bonchev–Trinajstić information content (AvgIpc) is 2.69. The van der Waals surface area contributed by atoms with E-state index in [0.717, 1.165) is 51.3 Å². The number of ether oxygens (including phenoxy) is 1. The van der Waals surface area contributed by atoms with Gasteiger partial charge in [0.05, 0.1) is 7.11 Å². The van der Waals surface area contributed by atoms with Crippen molar-refractivity contribution >= 4 is 35.9 Å². The second kappa shape index (κ2) is 16.6. The van der Waals surface area contributed by atoms with Crippen molar-refractivity contribution < 1.29 is 9.53 Å². The fourth-order valence-electron chi connectivity index (χ4n) is 2.75. The van der Waals surface area contributed by atoms with E-state index in [9.17, 15) is 4.79 Å². The van der Waals surface area contributed by atoms with Gasteiger partial charge in [0, 0.05) is 39.1 Å². The van der Waals surface area contributed by atoms with Crippen LogP contribution in [-0.4, -0.2) is 57.2 Å². The van der Waals surface area contributed by atoms with Gasteiger partial charge in [0.25, 0.3) is 0 Å². The van der Waals surface area contributed by atoms with Crippen LogP contribution in [0.25, 0.3) is 0 Å². The molecule has 0 spiro atoms. The Labute approximate surface area is 187 Å². The van der Waals surface area contributed by atoms with Crippen molar-refractivity contribution in [2.75, 3.05) is 34.3 Å². The summed E-state index contributed by atoms with van der Waals surface area (Å²) in [7, 11) is 5.39. The molecule has 0 aromatic heterocycles. The van der Waals surface area contributed by atoms with E-state index in [0.29, 0.717) is 12.5 Å². The lowest BCUT2D eigenvalue weighted by Crippen LogP contribution is -2.40. The van der Waals surface area contributed by atoms with Crippen molar-refractivity contribution in [2.45, 2.75) is 51.6 Å². The van der Waals surface area contributed by atoms with Gasteiger partial charge in [-0.05, 0) is 38.8 Å². The second-order valence-corrected chi connectivity index (χ2v) is 6.85. The predicted molar refractivity (Wildman–Crippen MR) is 127 cm³/mol. The number of nitrogens with zero attached hydrogens (tertiary/aromatic N) is 2. The molecule has 1 aromatic carbocycles. The van der Waals surface area contributed by atoms with Crippen molar-refractivity contribution in [3.05, 3.63) is 35.9 Å². The van der Waals surface area contributed by atoms with Crippen LogP contribution in [0.2, 0.25) is 0 Å². The number of hydrogen-bond acceptors (Lipinski definition) is 4. The third-order valence-corrected chi connectivity index (χ3v) is 4.68. The molecule has 1 rings (SSSR count). The summed E-state index contributed by atoms with van der Waals surface area (Å²) in [6, 6.07) is 11.0. The monoisotopic (exact) mass is 504 g/mol. The van der Waals surface area contributed by atoms with Crippen LogP contribution < -0.4 is 10.6 Å². The lowest BCUT2D eigenvalue weighted by Gasteiger charge is -2.25. The predicted octanol–water partition coefficient (Wildman–Crippen LogP) is 3.41. The van der Waals surface area contributed by atoms with Crippen LogP contribution in [0.1, 0.15) is 44.6 Å². The SMILES string of the molecule is CN=C(NCCCCCC(=O)OC)NCCC(C)N(C)Cc1ccccc1.I. The number of benzene rings is 1. The molecule has 1 atom stereocenters. The van der Waals surface area contributed by atoms with Gasteiger partial charge in [-0.25, -0.2) is 0 Å². The molecule has 0 amide bonds. The minimum absolute atomic E-state index is 0. The maximum Gasteiger partial charge on any atom is 0.305 e. The third-order valence-electron chi connectivity index (χ3n) is 4.68. The molecule has 0 heterocycles. The maximum absolute atomic E-state index is 11.1. The standard InChI is InChI=1S/C21H36N4O2.HI/c1-18(25(3)17-19-11-7-5-8-12-19)14-16-24-21(22-2)23-15-10-6-9-13-20(26)27-4;/h5,7-8,11-12,18H,6,9-10,13-17H2,1-4H3,(H2,22,23,24);1H. The highest BCUT2D eigenvalue weighted by Crippen LogP contribution is 2.07. The van der Waals surface area contributed by atoms with E-state index in [1.54, 1.807) is 7.05 Å². The summed E-state index contributed by atoms with van der Waals surface area (Å²) in [5, 5.41) is 6.70. The van der Waals surface area contributed by atoms with Crippen molar-refractivity contribution in [1.29, 1.82) is 0 Å². The van der Waals surface area contributed by atoms with Gasteiger partial charge in [0.2, 0.25) is 0 Å². The van der Waals surface area contributed by atoms with Gasteiger partial charge in [0.1, 0.15) is 0 Å². The van der Waals surface area contributed by atoms with E-state index in [1.807, 2.05) is 0 Å². The Balaban J connectivity index is 0.00000729. The lowest BCUT2D eigenvalue weighted by molar-refractivity contribution is -0.140. The van der Waals surface area contributed by atoms with Crippen LogP contribution in [-0.2, 0) is 16.1 Å². The fourth-order valence-corrected chi connectivity index (χ4v) is 2.75. The number of esters is 1. The molecule has 6 nitrogen and oxygen atoms in total. The summed E-state index contributed by atoms with van der Waals surface area (Å²) in [6.45, 7) is 4.94. The molecule has 0 saturated carbocycles. The van der Waals surface area contributed by atoms with Crippen LogP contribution in [0.15, 0.2) is 35.3 Å². The number of methoxy groups -OCH3 is 1. The van der Waals surface area contributed by atoms with Gasteiger partial charge >= 0.3 is 5.97 Å². The number of halogens is 1. The number of guanidine groups is 1. The zero-order chi connectivity index (χ0) is 19.9. The first-order valence-corrected chi connectivity index (χ1v) is 9.82. The Bertz CT molecular complexity index is 555. The Hall–Kier alpha value is -1.35. The number of aliphatic imine (C=N–C) groups is 1. The first-order chi connectivity index (χ1) is 13.1. The van der Waals surface area contributed by atoms with Gasteiger partial charge in [-0.1, -0.05) is 36.8 Å². The van der Waals surface area contributed by atoms with Crippen LogP contribution >= 0.6 is 24.0 Å². The van der Waals surface area contributed by atoms with E-state index in [1.165, 1.54) is 12.7 Å². The van der Waals surface area contributed by atoms with Crippen LogP contribution in [0, 0.1) is 0 Å². The second-order valence-electron chi connectivity index (χ2n) is 6.85. The number of nitrogens with one attached hydrogen (secondary N) is 2. The van der Waals surface area contributed by atoms with Gasteiger partial charge in [0.15, 0.2) is 5.96 Å². The van der Waals surface area contributed by atoms with Crippen molar-refractivity contribution in [1.82, 2.24) is 15.5 Å². The molecule has 1 aromatic rings. The highest BCUT2D eigenvalue weighted by atomic mass is 127. The van der Waals surface area contributed by atoms with E-state index < -0.39 is 0 Å². The topological polar surface area (TPSA) is 66.0 Å². The lowest BCUT2D eigenvalue weighted by atomic mass is 10.1. The molecule has 1 unspecified atom stereocenters. The van der Waals surface area contributed by atoms with Gasteiger partial charge < -0.3 is 15.4 Å². The quantitative estimate of drug-likeness (QED) is 0.150. The third kappa shape index (κ3) is 12.2. The summed E-state index contributed by atoms with van der Waals surface area (Å²) in [6.07, 6.45) is 4.42. The Morgan fingerprint density at radius 3 is 2.46 bits per heavy atom. The normalized spacial score (nSPS) is 12.2. The van der Waals surface area contributed by atoms with E-state index in [2.05, 4.69) is 69.6 Å². The molecule has 28 heavy (non-hydrogen) atoms. The van der Waals surface area contributed by atoms with Crippen LogP contribution in [0.4, 0.5) is 0 Å². The zero-order valence-corrected chi connectivity index (χ0v) is 20.1. The number of carbonyl (C=O) groups excluding carboxylic acids is 1. The summed E-state index contributed by atoms with van der Waals surface area (Å²) < 4.78 is 4.64. The van der Waals surface area contributed by atoms with Crippen molar-refractivity contribution in [2.24, 2.45) is 4.99 Å². The number of unbranched alkanes of at least 4 members (excludes halogenated alkanes) is 2. The summed E-state index contributed by atoms with van der Waals surface area (Å²) >= 11 is 0. The van der Waals surface area contributed by atoms with E-state index in [4.69, 9.17) is 0 Å². The molecule has 0 radical (unpaired) electrons. The fraction of sp³-hybridized carbons (Fsp3) is 0.619. The molecule has 0 aliphatic rings. The highest BCUT2D eigenvalue weighted by Gasteiger charge is 2.09. The molecule has 0 aliphatic carbocycles. The summed E-state index contributed by atoms with van der Waals surface area (Å²) in [4.78, 5) is 17.7. The Kier molecular flexibility index (Phi) is 15.8. The Morgan fingerprint density at radius 2 is 1.82 bits per heavy atom. The van der Waals surface area contributed by atoms with Gasteiger partial charge in [-0.3, -0.25) is 14.7 Å². The largest absolute Gasteiger partial charge is 0.469 e. The van der Waals surface area contributed by atoms with Gasteiger partial charge in [-0.2, -0.15) is 0 Å². The minimum atomic E-state index is -0.133. The number of carbonyl (C=O) groups is 1. The Morgan fingerprint density at radius 1 is 1.14 bits per heavy atom. The summed E-state index contributed by atoms with van der Waals surface area (Å²) in [5.74, 6) is 0.702. The first-order valence-electron chi connectivity index (χ1n) is 9.82. The first kappa shape index (κ1) is 26.6.